The molecule has 0 radical (unpaired) electrons. The molecule has 0 saturated carbocycles. The summed E-state index contributed by atoms with van der Waals surface area (Å²) in [5, 5.41) is 2.21. The number of aryl methyl sites for hydroxylation is 1. The molecule has 0 aliphatic carbocycles. The smallest absolute Gasteiger partial charge is 0.335 e. The maximum Gasteiger partial charge on any atom is 0.335 e. The average molecular weight is 459 g/mol. The van der Waals surface area contributed by atoms with E-state index < -0.39 is 17.8 Å². The van der Waals surface area contributed by atoms with Crippen LogP contribution in [0.5, 0.6) is 11.5 Å². The second-order valence-corrected chi connectivity index (χ2v) is 7.11. The van der Waals surface area contributed by atoms with Crippen LogP contribution in [-0.2, 0) is 9.59 Å². The van der Waals surface area contributed by atoms with Crippen LogP contribution in [0.3, 0.4) is 0 Å². The Morgan fingerprint density at radius 2 is 1.79 bits per heavy atom. The molecular weight excluding hydrogens is 440 g/mol. The van der Waals surface area contributed by atoms with Gasteiger partial charge in [-0.05, 0) is 49.8 Å². The minimum atomic E-state index is -0.787. The van der Waals surface area contributed by atoms with Crippen LogP contribution in [0.2, 0.25) is 0 Å². The van der Waals surface area contributed by atoms with Crippen molar-refractivity contribution in [2.24, 2.45) is 0 Å². The summed E-state index contributed by atoms with van der Waals surface area (Å²) in [6.45, 7) is 4.15. The number of hydrogen-bond donors (Lipinski definition) is 1. The van der Waals surface area contributed by atoms with Crippen LogP contribution in [-0.4, -0.2) is 31.6 Å². The molecule has 150 valence electrons. The van der Waals surface area contributed by atoms with Crippen molar-refractivity contribution >= 4 is 45.5 Å². The second kappa shape index (κ2) is 8.48. The second-order valence-electron chi connectivity index (χ2n) is 6.25. The lowest BCUT2D eigenvalue weighted by atomic mass is 10.1. The minimum absolute atomic E-state index is 0.168. The number of nitrogens with zero attached hydrogens (tertiary/aromatic N) is 1. The number of ether oxygens (including phenoxy) is 2. The standard InChI is InChI=1S/C21H19BrN2O5/c1-4-29-18-10-13(16(22)11-17(18)28-3)9-15-19(25)23-21(27)24(20(15)26)14-7-5-12(2)6-8-14/h5-11H,4H2,1-3H3,(H,23,25,27)/b15-9-. The van der Waals surface area contributed by atoms with Crippen LogP contribution in [0.15, 0.2) is 46.4 Å². The molecule has 0 atom stereocenters. The van der Waals surface area contributed by atoms with E-state index in [-0.39, 0.29) is 5.57 Å². The van der Waals surface area contributed by atoms with E-state index in [9.17, 15) is 14.4 Å². The molecule has 1 aliphatic rings. The molecule has 1 aliphatic heterocycles. The van der Waals surface area contributed by atoms with Gasteiger partial charge < -0.3 is 9.47 Å². The molecule has 3 rings (SSSR count). The lowest BCUT2D eigenvalue weighted by molar-refractivity contribution is -0.122. The van der Waals surface area contributed by atoms with Crippen molar-refractivity contribution in [3.63, 3.8) is 0 Å². The zero-order valence-corrected chi connectivity index (χ0v) is 17.7. The first-order chi connectivity index (χ1) is 13.8. The fraction of sp³-hybridized carbons (Fsp3) is 0.190. The van der Waals surface area contributed by atoms with Crippen LogP contribution < -0.4 is 19.7 Å². The number of barbiturate groups is 1. The fourth-order valence-electron chi connectivity index (χ4n) is 2.83. The molecule has 1 N–H and O–H groups in total. The highest BCUT2D eigenvalue weighted by Crippen LogP contribution is 2.35. The van der Waals surface area contributed by atoms with Crippen molar-refractivity contribution in [1.29, 1.82) is 0 Å². The van der Waals surface area contributed by atoms with Gasteiger partial charge in [-0.1, -0.05) is 33.6 Å². The van der Waals surface area contributed by atoms with Gasteiger partial charge in [0.2, 0.25) is 0 Å². The van der Waals surface area contributed by atoms with Crippen LogP contribution in [0.1, 0.15) is 18.1 Å². The highest BCUT2D eigenvalue weighted by atomic mass is 79.9. The maximum atomic E-state index is 13.0. The molecule has 0 bridgehead atoms. The van der Waals surface area contributed by atoms with Crippen molar-refractivity contribution in [2.45, 2.75) is 13.8 Å². The molecular formula is C21H19BrN2O5. The topological polar surface area (TPSA) is 84.9 Å². The number of carbonyl (C=O) groups is 3. The van der Waals surface area contributed by atoms with Gasteiger partial charge in [0, 0.05) is 4.47 Å². The Morgan fingerprint density at radius 3 is 2.41 bits per heavy atom. The highest BCUT2D eigenvalue weighted by molar-refractivity contribution is 9.10. The van der Waals surface area contributed by atoms with Crippen molar-refractivity contribution in [2.75, 3.05) is 18.6 Å². The number of anilines is 1. The van der Waals surface area contributed by atoms with E-state index in [2.05, 4.69) is 21.2 Å². The fourth-order valence-corrected chi connectivity index (χ4v) is 3.27. The Bertz CT molecular complexity index is 1010. The highest BCUT2D eigenvalue weighted by Gasteiger charge is 2.36. The van der Waals surface area contributed by atoms with E-state index in [0.29, 0.717) is 33.8 Å². The van der Waals surface area contributed by atoms with Crippen molar-refractivity contribution < 1.29 is 23.9 Å². The van der Waals surface area contributed by atoms with Crippen molar-refractivity contribution in [3.8, 4) is 11.5 Å². The Labute approximate surface area is 176 Å². The summed E-state index contributed by atoms with van der Waals surface area (Å²) in [6.07, 6.45) is 1.41. The molecule has 0 aromatic heterocycles. The average Bonchev–Trinajstić information content (AvgIpc) is 2.68. The Kier molecular flexibility index (Phi) is 6.03. The molecule has 2 aromatic carbocycles. The summed E-state index contributed by atoms with van der Waals surface area (Å²) in [4.78, 5) is 38.6. The normalized spacial score (nSPS) is 15.5. The molecule has 0 unspecified atom stereocenters. The first kappa shape index (κ1) is 20.6. The number of amides is 4. The van der Waals surface area contributed by atoms with E-state index in [1.807, 2.05) is 13.8 Å². The molecule has 2 aromatic rings. The van der Waals surface area contributed by atoms with Gasteiger partial charge in [0.05, 0.1) is 19.4 Å². The van der Waals surface area contributed by atoms with Gasteiger partial charge in [-0.3, -0.25) is 14.9 Å². The molecule has 8 heteroatoms. The van der Waals surface area contributed by atoms with Gasteiger partial charge in [0.1, 0.15) is 5.57 Å². The third-order valence-corrected chi connectivity index (χ3v) is 4.96. The molecule has 7 nitrogen and oxygen atoms in total. The molecule has 29 heavy (non-hydrogen) atoms. The van der Waals surface area contributed by atoms with Crippen LogP contribution in [0.25, 0.3) is 6.08 Å². The number of imide groups is 2. The maximum absolute atomic E-state index is 13.0. The zero-order chi connectivity index (χ0) is 21.1. The van der Waals surface area contributed by atoms with E-state index in [4.69, 9.17) is 9.47 Å². The number of benzene rings is 2. The van der Waals surface area contributed by atoms with Gasteiger partial charge in [0.25, 0.3) is 11.8 Å². The predicted octanol–water partition coefficient (Wildman–Crippen LogP) is 3.83. The van der Waals surface area contributed by atoms with Crippen molar-refractivity contribution in [3.05, 3.63) is 57.6 Å². The summed E-state index contributed by atoms with van der Waals surface area (Å²) in [7, 11) is 1.52. The summed E-state index contributed by atoms with van der Waals surface area (Å²) < 4.78 is 11.5. The molecule has 0 spiro atoms. The summed E-state index contributed by atoms with van der Waals surface area (Å²) >= 11 is 3.42. The number of rotatable bonds is 5. The number of nitrogens with one attached hydrogen (secondary N) is 1. The van der Waals surface area contributed by atoms with Gasteiger partial charge in [-0.25, -0.2) is 9.69 Å². The van der Waals surface area contributed by atoms with Crippen molar-refractivity contribution in [1.82, 2.24) is 5.32 Å². The third kappa shape index (κ3) is 4.17. The van der Waals surface area contributed by atoms with Gasteiger partial charge in [-0.2, -0.15) is 0 Å². The molecule has 1 saturated heterocycles. The van der Waals surface area contributed by atoms with E-state index in [1.54, 1.807) is 36.4 Å². The minimum Gasteiger partial charge on any atom is -0.493 e. The third-order valence-electron chi connectivity index (χ3n) is 4.28. The number of urea groups is 1. The Morgan fingerprint density at radius 1 is 1.10 bits per heavy atom. The first-order valence-electron chi connectivity index (χ1n) is 8.84. The number of carbonyl (C=O) groups excluding carboxylic acids is 3. The van der Waals surface area contributed by atoms with Crippen LogP contribution in [0.4, 0.5) is 10.5 Å². The Balaban J connectivity index is 2.05. The predicted molar refractivity (Wildman–Crippen MR) is 112 cm³/mol. The summed E-state index contributed by atoms with van der Waals surface area (Å²) in [5.74, 6) is -0.482. The molecule has 1 fully saturated rings. The molecule has 4 amide bonds. The largest absolute Gasteiger partial charge is 0.493 e. The summed E-state index contributed by atoms with van der Waals surface area (Å²) in [5.41, 5.74) is 1.72. The van der Waals surface area contributed by atoms with Gasteiger partial charge in [0.15, 0.2) is 11.5 Å². The number of methoxy groups -OCH3 is 1. The van der Waals surface area contributed by atoms with Crippen LogP contribution in [0, 0.1) is 6.92 Å². The zero-order valence-electron chi connectivity index (χ0n) is 16.1. The lowest BCUT2D eigenvalue weighted by Gasteiger charge is -2.26. The first-order valence-corrected chi connectivity index (χ1v) is 9.63. The summed E-state index contributed by atoms with van der Waals surface area (Å²) in [6, 6.07) is 9.42. The quantitative estimate of drug-likeness (QED) is 0.543. The van der Waals surface area contributed by atoms with E-state index in [0.717, 1.165) is 10.5 Å². The van der Waals surface area contributed by atoms with Gasteiger partial charge >= 0.3 is 6.03 Å². The SMILES string of the molecule is CCOc1cc(/C=C2/C(=O)NC(=O)N(c3ccc(C)cc3)C2=O)c(Br)cc1OC. The number of hydrogen-bond acceptors (Lipinski definition) is 5. The van der Waals surface area contributed by atoms with Crippen LogP contribution >= 0.6 is 15.9 Å². The monoisotopic (exact) mass is 458 g/mol. The number of halogens is 1. The van der Waals surface area contributed by atoms with E-state index >= 15 is 0 Å². The molecule has 1 heterocycles. The van der Waals surface area contributed by atoms with Gasteiger partial charge in [-0.15, -0.1) is 0 Å². The van der Waals surface area contributed by atoms with E-state index in [1.165, 1.54) is 13.2 Å². The Hall–Kier alpha value is -3.13. The lowest BCUT2D eigenvalue weighted by Crippen LogP contribution is -2.54.